The molecule has 9 nitrogen and oxygen atoms in total. The SMILES string of the molecule is COCCn1ccc(-c2c(C(=O)OC)c(C(=O)OC)cc3cc(OC)c(OC)cc23)cc1=O. The number of hydrogen-bond acceptors (Lipinski definition) is 8. The molecule has 0 amide bonds. The number of ether oxygens (including phenoxy) is 5. The Morgan fingerprint density at radius 1 is 0.879 bits per heavy atom. The predicted octanol–water partition coefficient (Wildman–Crippen LogP) is 2.91. The van der Waals surface area contributed by atoms with Crippen molar-refractivity contribution in [3.8, 4) is 22.6 Å². The number of pyridine rings is 1. The van der Waals surface area contributed by atoms with Crippen molar-refractivity contribution in [3.05, 3.63) is 58.0 Å². The highest BCUT2D eigenvalue weighted by Gasteiger charge is 2.27. The van der Waals surface area contributed by atoms with Gasteiger partial charge in [-0.25, -0.2) is 9.59 Å². The Kier molecular flexibility index (Phi) is 7.34. The van der Waals surface area contributed by atoms with E-state index in [-0.39, 0.29) is 16.7 Å². The fraction of sp³-hybridized carbons (Fsp3) is 0.292. The third-order valence-corrected chi connectivity index (χ3v) is 5.26. The van der Waals surface area contributed by atoms with Crippen LogP contribution in [-0.4, -0.2) is 58.7 Å². The molecule has 0 fully saturated rings. The lowest BCUT2D eigenvalue weighted by molar-refractivity contribution is 0.0556. The molecule has 0 radical (unpaired) electrons. The fourth-order valence-electron chi connectivity index (χ4n) is 3.65. The first-order valence-corrected chi connectivity index (χ1v) is 9.99. The molecule has 0 bridgehead atoms. The Hall–Kier alpha value is -3.85. The van der Waals surface area contributed by atoms with E-state index in [0.29, 0.717) is 46.6 Å². The van der Waals surface area contributed by atoms with Gasteiger partial charge < -0.3 is 28.3 Å². The van der Waals surface area contributed by atoms with Crippen molar-refractivity contribution in [2.45, 2.75) is 6.54 Å². The van der Waals surface area contributed by atoms with Gasteiger partial charge in [-0.1, -0.05) is 0 Å². The summed E-state index contributed by atoms with van der Waals surface area (Å²) >= 11 is 0. The Morgan fingerprint density at radius 3 is 2.12 bits per heavy atom. The Balaban J connectivity index is 2.46. The van der Waals surface area contributed by atoms with Crippen molar-refractivity contribution >= 4 is 22.7 Å². The maximum absolute atomic E-state index is 12.9. The molecule has 1 heterocycles. The van der Waals surface area contributed by atoms with E-state index in [9.17, 15) is 14.4 Å². The van der Waals surface area contributed by atoms with Gasteiger partial charge in [-0.2, -0.15) is 0 Å². The summed E-state index contributed by atoms with van der Waals surface area (Å²) in [6, 6.07) is 7.99. The van der Waals surface area contributed by atoms with E-state index in [1.165, 1.54) is 45.1 Å². The van der Waals surface area contributed by atoms with Crippen LogP contribution in [0.3, 0.4) is 0 Å². The molecule has 0 saturated carbocycles. The van der Waals surface area contributed by atoms with Crippen LogP contribution < -0.4 is 15.0 Å². The monoisotopic (exact) mass is 455 g/mol. The van der Waals surface area contributed by atoms with Gasteiger partial charge in [-0.3, -0.25) is 4.79 Å². The molecule has 2 aromatic carbocycles. The summed E-state index contributed by atoms with van der Waals surface area (Å²) in [6.07, 6.45) is 1.61. The number of nitrogens with zero attached hydrogens (tertiary/aromatic N) is 1. The molecule has 0 aliphatic rings. The third-order valence-electron chi connectivity index (χ3n) is 5.26. The van der Waals surface area contributed by atoms with Crippen LogP contribution in [0, 0.1) is 0 Å². The highest BCUT2D eigenvalue weighted by atomic mass is 16.5. The normalized spacial score (nSPS) is 10.7. The molecule has 0 aliphatic carbocycles. The maximum atomic E-state index is 12.9. The number of fused-ring (bicyclic) bond motifs is 1. The van der Waals surface area contributed by atoms with Crippen molar-refractivity contribution in [2.75, 3.05) is 42.2 Å². The van der Waals surface area contributed by atoms with Gasteiger partial charge in [0.15, 0.2) is 11.5 Å². The number of carbonyl (C=O) groups is 2. The lowest BCUT2D eigenvalue weighted by Gasteiger charge is -2.18. The summed E-state index contributed by atoms with van der Waals surface area (Å²) in [4.78, 5) is 38.3. The lowest BCUT2D eigenvalue weighted by atomic mass is 9.89. The van der Waals surface area contributed by atoms with Crippen LogP contribution >= 0.6 is 0 Å². The van der Waals surface area contributed by atoms with E-state index in [1.54, 1.807) is 31.5 Å². The molecule has 33 heavy (non-hydrogen) atoms. The second-order valence-electron chi connectivity index (χ2n) is 7.03. The summed E-state index contributed by atoms with van der Waals surface area (Å²) in [5.74, 6) is -0.610. The van der Waals surface area contributed by atoms with Gasteiger partial charge in [0.1, 0.15) is 0 Å². The smallest absolute Gasteiger partial charge is 0.339 e. The Labute approximate surface area is 190 Å². The summed E-state index contributed by atoms with van der Waals surface area (Å²) in [7, 11) is 6.97. The van der Waals surface area contributed by atoms with Gasteiger partial charge in [0.25, 0.3) is 5.56 Å². The first kappa shape index (κ1) is 23.8. The molecule has 3 rings (SSSR count). The van der Waals surface area contributed by atoms with Crippen LogP contribution in [-0.2, 0) is 20.8 Å². The van der Waals surface area contributed by atoms with Gasteiger partial charge in [0.2, 0.25) is 0 Å². The van der Waals surface area contributed by atoms with E-state index >= 15 is 0 Å². The van der Waals surface area contributed by atoms with Gasteiger partial charge in [-0.05, 0) is 40.6 Å². The van der Waals surface area contributed by atoms with Crippen LogP contribution in [0.5, 0.6) is 11.5 Å². The Morgan fingerprint density at radius 2 is 1.55 bits per heavy atom. The van der Waals surface area contributed by atoms with Gasteiger partial charge in [-0.15, -0.1) is 0 Å². The number of benzene rings is 2. The molecule has 1 aromatic heterocycles. The minimum atomic E-state index is -0.745. The van der Waals surface area contributed by atoms with E-state index < -0.39 is 11.9 Å². The summed E-state index contributed by atoms with van der Waals surface area (Å²) in [5.41, 5.74) is 0.465. The van der Waals surface area contributed by atoms with Crippen molar-refractivity contribution < 1.29 is 33.3 Å². The van der Waals surface area contributed by atoms with E-state index in [1.807, 2.05) is 0 Å². The minimum Gasteiger partial charge on any atom is -0.493 e. The van der Waals surface area contributed by atoms with Crippen molar-refractivity contribution in [1.82, 2.24) is 4.57 Å². The summed E-state index contributed by atoms with van der Waals surface area (Å²) in [6.45, 7) is 0.734. The van der Waals surface area contributed by atoms with Crippen LogP contribution in [0.25, 0.3) is 21.9 Å². The number of rotatable bonds is 8. The second kappa shape index (κ2) is 10.2. The summed E-state index contributed by atoms with van der Waals surface area (Å²) < 4.78 is 27.3. The molecule has 174 valence electrons. The molecule has 3 aromatic rings. The number of methoxy groups -OCH3 is 5. The van der Waals surface area contributed by atoms with Gasteiger partial charge in [0, 0.05) is 31.5 Å². The topological polar surface area (TPSA) is 102 Å². The van der Waals surface area contributed by atoms with E-state index in [0.717, 1.165) is 0 Å². The average Bonchev–Trinajstić information content (AvgIpc) is 2.84. The van der Waals surface area contributed by atoms with Gasteiger partial charge in [0.05, 0.1) is 46.2 Å². The number of hydrogen-bond donors (Lipinski definition) is 0. The zero-order valence-corrected chi connectivity index (χ0v) is 19.1. The second-order valence-corrected chi connectivity index (χ2v) is 7.03. The zero-order chi connectivity index (χ0) is 24.1. The first-order chi connectivity index (χ1) is 15.9. The molecule has 0 unspecified atom stereocenters. The molecular weight excluding hydrogens is 430 g/mol. The van der Waals surface area contributed by atoms with Gasteiger partial charge >= 0.3 is 11.9 Å². The minimum absolute atomic E-state index is 0.00244. The van der Waals surface area contributed by atoms with E-state index in [4.69, 9.17) is 23.7 Å². The summed E-state index contributed by atoms with van der Waals surface area (Å²) in [5, 5.41) is 1.15. The quantitative estimate of drug-likeness (QED) is 0.478. The highest BCUT2D eigenvalue weighted by Crippen LogP contribution is 2.40. The standard InChI is InChI=1S/C24H25NO8/c1-29-9-8-25-7-6-14(12-20(25)26)21-16-13-19(31-3)18(30-2)11-15(16)10-17(23(27)32-4)22(21)24(28)33-5/h6-7,10-13H,8-9H2,1-5H3. The van der Waals surface area contributed by atoms with Crippen LogP contribution in [0.4, 0.5) is 0 Å². The zero-order valence-electron chi connectivity index (χ0n) is 19.1. The number of aromatic nitrogens is 1. The van der Waals surface area contributed by atoms with Crippen molar-refractivity contribution in [3.63, 3.8) is 0 Å². The molecule has 0 aliphatic heterocycles. The number of esters is 2. The molecule has 9 heteroatoms. The molecule has 0 N–H and O–H groups in total. The van der Waals surface area contributed by atoms with Crippen LogP contribution in [0.1, 0.15) is 20.7 Å². The van der Waals surface area contributed by atoms with Crippen molar-refractivity contribution in [2.24, 2.45) is 0 Å². The molecule has 0 saturated heterocycles. The van der Waals surface area contributed by atoms with Crippen LogP contribution in [0.2, 0.25) is 0 Å². The molecular formula is C24H25NO8. The fourth-order valence-corrected chi connectivity index (χ4v) is 3.65. The average molecular weight is 455 g/mol. The lowest BCUT2D eigenvalue weighted by Crippen LogP contribution is -2.21. The molecule has 0 spiro atoms. The highest BCUT2D eigenvalue weighted by molar-refractivity contribution is 6.15. The Bertz CT molecular complexity index is 1260. The van der Waals surface area contributed by atoms with Crippen molar-refractivity contribution in [1.29, 1.82) is 0 Å². The number of carbonyl (C=O) groups excluding carboxylic acids is 2. The largest absolute Gasteiger partial charge is 0.493 e. The predicted molar refractivity (Wildman–Crippen MR) is 121 cm³/mol. The third kappa shape index (κ3) is 4.54. The maximum Gasteiger partial charge on any atom is 0.339 e. The van der Waals surface area contributed by atoms with E-state index in [2.05, 4.69) is 0 Å². The molecule has 0 atom stereocenters. The van der Waals surface area contributed by atoms with Crippen LogP contribution in [0.15, 0.2) is 41.3 Å². The first-order valence-electron chi connectivity index (χ1n) is 9.99.